The average Bonchev–Trinajstić information content (AvgIpc) is 2.58. The molecule has 0 aliphatic heterocycles. The maximum absolute atomic E-state index is 12.2. The quantitative estimate of drug-likeness (QED) is 0.465. The van der Waals surface area contributed by atoms with Crippen LogP contribution in [0.5, 0.6) is 11.5 Å². The van der Waals surface area contributed by atoms with E-state index < -0.39 is 11.9 Å². The van der Waals surface area contributed by atoms with Gasteiger partial charge >= 0.3 is 11.9 Å². The van der Waals surface area contributed by atoms with Crippen LogP contribution >= 0.6 is 0 Å². The number of carbonyl (C=O) groups excluding carboxylic acids is 2. The monoisotopic (exact) mass is 335 g/mol. The molecule has 0 aromatic heterocycles. The van der Waals surface area contributed by atoms with Crippen molar-refractivity contribution in [3.05, 3.63) is 23.3 Å². The maximum atomic E-state index is 12.2. The molecular formula is C17H21NO6. The van der Waals surface area contributed by atoms with E-state index in [-0.39, 0.29) is 5.97 Å². The molecule has 0 saturated heterocycles. The molecule has 0 saturated carbocycles. The van der Waals surface area contributed by atoms with Gasteiger partial charge in [-0.05, 0) is 25.5 Å². The Labute approximate surface area is 140 Å². The lowest BCUT2D eigenvalue weighted by atomic mass is 9.82. The van der Waals surface area contributed by atoms with Crippen LogP contribution < -0.4 is 9.47 Å². The molecule has 1 aromatic rings. The zero-order valence-electron chi connectivity index (χ0n) is 14.3. The number of hydrogen-bond donors (Lipinski definition) is 0. The number of rotatable bonds is 5. The van der Waals surface area contributed by atoms with Gasteiger partial charge in [0.15, 0.2) is 11.5 Å². The van der Waals surface area contributed by atoms with E-state index >= 15 is 0 Å². The summed E-state index contributed by atoms with van der Waals surface area (Å²) in [6, 6.07) is 3.58. The Kier molecular flexibility index (Phi) is 5.78. The molecule has 1 aliphatic carbocycles. The summed E-state index contributed by atoms with van der Waals surface area (Å²) in [6.45, 7) is 3.32. The average molecular weight is 335 g/mol. The van der Waals surface area contributed by atoms with E-state index in [0.717, 1.165) is 11.1 Å². The number of hydrogen-bond acceptors (Lipinski definition) is 7. The summed E-state index contributed by atoms with van der Waals surface area (Å²) in [5, 5.41) is 3.91. The molecule has 1 unspecified atom stereocenters. The first-order chi connectivity index (χ1) is 11.5. The highest BCUT2D eigenvalue weighted by Gasteiger charge is 2.33. The molecule has 0 spiro atoms. The van der Waals surface area contributed by atoms with Gasteiger partial charge in [0.25, 0.3) is 0 Å². The zero-order chi connectivity index (χ0) is 17.7. The fourth-order valence-corrected chi connectivity index (χ4v) is 2.76. The van der Waals surface area contributed by atoms with E-state index in [1.165, 1.54) is 14.0 Å². The van der Waals surface area contributed by atoms with Crippen LogP contribution in [-0.4, -0.2) is 38.5 Å². The van der Waals surface area contributed by atoms with Crippen molar-refractivity contribution < 1.29 is 28.6 Å². The molecule has 1 atom stereocenters. The van der Waals surface area contributed by atoms with Gasteiger partial charge in [0, 0.05) is 24.5 Å². The van der Waals surface area contributed by atoms with Gasteiger partial charge in [0.1, 0.15) is 0 Å². The third-order valence-corrected chi connectivity index (χ3v) is 3.75. The molecule has 0 fully saturated rings. The third-order valence-electron chi connectivity index (χ3n) is 3.75. The lowest BCUT2D eigenvalue weighted by Gasteiger charge is -2.26. The minimum atomic E-state index is -0.525. The number of carbonyl (C=O) groups is 2. The molecule has 2 rings (SSSR count). The first kappa shape index (κ1) is 17.8. The van der Waals surface area contributed by atoms with Gasteiger partial charge in [-0.25, -0.2) is 4.79 Å². The normalized spacial score (nSPS) is 17.8. The Hall–Kier alpha value is -2.57. The van der Waals surface area contributed by atoms with E-state index in [4.69, 9.17) is 19.0 Å². The molecule has 0 bridgehead atoms. The topological polar surface area (TPSA) is 83.4 Å². The molecular weight excluding hydrogens is 314 g/mol. The van der Waals surface area contributed by atoms with Crippen LogP contribution in [0.15, 0.2) is 17.3 Å². The van der Waals surface area contributed by atoms with Gasteiger partial charge in [0.2, 0.25) is 0 Å². The first-order valence-corrected chi connectivity index (χ1v) is 7.67. The summed E-state index contributed by atoms with van der Waals surface area (Å²) < 4.78 is 15.9. The van der Waals surface area contributed by atoms with E-state index in [0.29, 0.717) is 36.7 Å². The highest BCUT2D eigenvalue weighted by molar-refractivity contribution is 6.05. The number of methoxy groups -OCH3 is 2. The lowest BCUT2D eigenvalue weighted by Crippen LogP contribution is -2.29. The van der Waals surface area contributed by atoms with Crippen molar-refractivity contribution in [1.82, 2.24) is 0 Å². The summed E-state index contributed by atoms with van der Waals surface area (Å²) >= 11 is 0. The highest BCUT2D eigenvalue weighted by atomic mass is 16.7. The second kappa shape index (κ2) is 7.81. The molecule has 7 heteroatoms. The molecule has 130 valence electrons. The minimum Gasteiger partial charge on any atom is -0.493 e. The Bertz CT molecular complexity index is 667. The standard InChI is InChI=1S/C17H21NO6/c1-5-23-17(20)11-8-13-12(14(9-11)18-24-10(2)19)6-7-15(21-3)16(13)22-4/h6-7,11H,5,8-9H2,1-4H3. The van der Waals surface area contributed by atoms with E-state index in [1.54, 1.807) is 20.1 Å². The minimum absolute atomic E-state index is 0.299. The Morgan fingerprint density at radius 3 is 2.54 bits per heavy atom. The third kappa shape index (κ3) is 3.67. The van der Waals surface area contributed by atoms with Crippen LogP contribution in [0, 0.1) is 5.92 Å². The number of nitrogens with zero attached hydrogens (tertiary/aromatic N) is 1. The molecule has 0 N–H and O–H groups in total. The second-order valence-electron chi connectivity index (χ2n) is 5.31. The Morgan fingerprint density at radius 1 is 1.21 bits per heavy atom. The predicted molar refractivity (Wildman–Crippen MR) is 86.3 cm³/mol. The van der Waals surface area contributed by atoms with Crippen LogP contribution in [0.4, 0.5) is 0 Å². The van der Waals surface area contributed by atoms with E-state index in [9.17, 15) is 9.59 Å². The Morgan fingerprint density at radius 2 is 1.96 bits per heavy atom. The van der Waals surface area contributed by atoms with Crippen molar-refractivity contribution in [3.63, 3.8) is 0 Å². The van der Waals surface area contributed by atoms with Crippen LogP contribution in [-0.2, 0) is 25.6 Å². The Balaban J connectivity index is 2.50. The van der Waals surface area contributed by atoms with Gasteiger partial charge in [-0.2, -0.15) is 0 Å². The highest BCUT2D eigenvalue weighted by Crippen LogP contribution is 2.39. The van der Waals surface area contributed by atoms with Crippen molar-refractivity contribution >= 4 is 17.7 Å². The van der Waals surface area contributed by atoms with Crippen LogP contribution in [0.3, 0.4) is 0 Å². The smallest absolute Gasteiger partial charge is 0.331 e. The number of benzene rings is 1. The maximum Gasteiger partial charge on any atom is 0.331 e. The van der Waals surface area contributed by atoms with Crippen molar-refractivity contribution in [2.45, 2.75) is 26.7 Å². The lowest BCUT2D eigenvalue weighted by molar-refractivity contribution is -0.147. The SMILES string of the molecule is CCOC(=O)C1CC(=NOC(C)=O)c2ccc(OC)c(OC)c2C1. The second-order valence-corrected chi connectivity index (χ2v) is 5.31. The molecule has 7 nitrogen and oxygen atoms in total. The summed E-state index contributed by atoms with van der Waals surface area (Å²) in [5.74, 6) is -0.161. The molecule has 1 aromatic carbocycles. The van der Waals surface area contributed by atoms with Crippen molar-refractivity contribution in [2.24, 2.45) is 11.1 Å². The van der Waals surface area contributed by atoms with Gasteiger partial charge in [-0.1, -0.05) is 5.16 Å². The van der Waals surface area contributed by atoms with Crippen LogP contribution in [0.2, 0.25) is 0 Å². The van der Waals surface area contributed by atoms with E-state index in [2.05, 4.69) is 5.16 Å². The summed E-state index contributed by atoms with van der Waals surface area (Å²) in [7, 11) is 3.08. The van der Waals surface area contributed by atoms with Gasteiger partial charge in [-0.15, -0.1) is 0 Å². The summed E-state index contributed by atoms with van der Waals surface area (Å²) in [4.78, 5) is 28.0. The first-order valence-electron chi connectivity index (χ1n) is 7.67. The predicted octanol–water partition coefficient (Wildman–Crippen LogP) is 2.10. The number of esters is 1. The fourth-order valence-electron chi connectivity index (χ4n) is 2.76. The number of oxime groups is 1. The molecule has 0 amide bonds. The summed E-state index contributed by atoms with van der Waals surface area (Å²) in [5.41, 5.74) is 2.06. The molecule has 1 aliphatic rings. The molecule has 0 heterocycles. The molecule has 24 heavy (non-hydrogen) atoms. The molecule has 0 radical (unpaired) electrons. The largest absolute Gasteiger partial charge is 0.493 e. The van der Waals surface area contributed by atoms with Gasteiger partial charge < -0.3 is 19.0 Å². The number of fused-ring (bicyclic) bond motifs is 1. The van der Waals surface area contributed by atoms with E-state index in [1.807, 2.05) is 6.07 Å². The number of ether oxygens (including phenoxy) is 3. The van der Waals surface area contributed by atoms with Gasteiger partial charge in [-0.3, -0.25) is 4.79 Å². The zero-order valence-corrected chi connectivity index (χ0v) is 14.3. The van der Waals surface area contributed by atoms with Gasteiger partial charge in [0.05, 0.1) is 32.5 Å². The van der Waals surface area contributed by atoms with Crippen molar-refractivity contribution in [1.29, 1.82) is 0 Å². The van der Waals surface area contributed by atoms with Crippen molar-refractivity contribution in [3.8, 4) is 11.5 Å². The fraction of sp³-hybridized carbons (Fsp3) is 0.471. The van der Waals surface area contributed by atoms with Crippen molar-refractivity contribution in [2.75, 3.05) is 20.8 Å². The van der Waals surface area contributed by atoms with Crippen LogP contribution in [0.25, 0.3) is 0 Å². The van der Waals surface area contributed by atoms with Crippen LogP contribution in [0.1, 0.15) is 31.4 Å². The summed E-state index contributed by atoms with van der Waals surface area (Å²) in [6.07, 6.45) is 0.766.